The molecule has 0 heterocycles. The van der Waals surface area contributed by atoms with Gasteiger partial charge in [-0.2, -0.15) is 47.9 Å². The molecule has 56 heavy (non-hydrogen) atoms. The first-order valence-corrected chi connectivity index (χ1v) is 24.4. The molecule has 5 N–H and O–H groups in total. The summed E-state index contributed by atoms with van der Waals surface area (Å²) in [5.74, 6) is 5.83. The fraction of sp³-hybridized carbons (Fsp3) is 0.467. The van der Waals surface area contributed by atoms with E-state index in [1.807, 2.05) is 73.3 Å². The Morgan fingerprint density at radius 2 is 0.911 bits per heavy atom. The topological polar surface area (TPSA) is 110 Å². The molecule has 0 aliphatic carbocycles. The number of halogens is 1. The molecule has 0 aliphatic rings. The molecule has 314 valence electrons. The maximum atomic E-state index is 9.32. The summed E-state index contributed by atoms with van der Waals surface area (Å²) in [6.45, 7) is 6.91. The van der Waals surface area contributed by atoms with Gasteiger partial charge < -0.3 is 30.3 Å². The van der Waals surface area contributed by atoms with Crippen LogP contribution in [0.2, 0.25) is 0 Å². The van der Waals surface area contributed by atoms with Gasteiger partial charge in [0, 0.05) is 52.2 Å². The van der Waals surface area contributed by atoms with E-state index in [-0.39, 0.29) is 19.3 Å². The maximum Gasteiger partial charge on any atom is 0.0861 e. The Kier molecular flexibility index (Phi) is 39.2. The zero-order valence-electron chi connectivity index (χ0n) is 33.5. The average Bonchev–Trinajstić information content (AvgIpc) is 3.26. The lowest BCUT2D eigenvalue weighted by atomic mass is 10.2. The van der Waals surface area contributed by atoms with Crippen LogP contribution >= 0.6 is 63.8 Å². The Balaban J connectivity index is 0.000000699. The van der Waals surface area contributed by atoms with Gasteiger partial charge >= 0.3 is 0 Å². The molecule has 0 radical (unpaired) electrons. The highest BCUT2D eigenvalue weighted by atomic mass is 79.9. The van der Waals surface area contributed by atoms with Crippen molar-refractivity contribution in [3.05, 3.63) is 144 Å². The molecule has 4 aromatic carbocycles. The van der Waals surface area contributed by atoms with Crippen molar-refractivity contribution >= 4 is 63.8 Å². The van der Waals surface area contributed by atoms with Crippen LogP contribution in [0.4, 0.5) is 0 Å². The van der Waals surface area contributed by atoms with Crippen LogP contribution in [0.5, 0.6) is 0 Å². The van der Waals surface area contributed by atoms with Gasteiger partial charge in [0.25, 0.3) is 0 Å². The van der Waals surface area contributed by atoms with E-state index < -0.39 is 12.2 Å². The second-order valence-electron chi connectivity index (χ2n) is 12.4. The number of ether oxygens (including phenoxy) is 1. The molecule has 0 aliphatic heterocycles. The predicted molar refractivity (Wildman–Crippen MR) is 254 cm³/mol. The van der Waals surface area contributed by atoms with Crippen LogP contribution in [0.15, 0.2) is 121 Å². The standard InChI is InChI=1S/C14H22OS.C11H16OS.C10H14O2S.C7H7Br.C3H8O2S/c1-3-10-15-14(4-2)12-16-11-13-8-6-5-7-9-13;1-2-11(12)9-13-8-10-6-4-3-5-7-10;11-6-10(12)8-13-7-9-4-2-1-3-5-9;8-6-7-4-2-1-3-5-7;4-1-3(5)2-6/h5-9,14H,3-4,10-12H2,1-2H3;3-7,11-12H,2,8-9H2,1H3;1-5,10-12H,6-8H2;1-5H,6H2;3-6H,1-2H2. The second kappa shape index (κ2) is 40.3. The van der Waals surface area contributed by atoms with Crippen LogP contribution in [-0.2, 0) is 27.3 Å². The van der Waals surface area contributed by atoms with Crippen molar-refractivity contribution in [3.63, 3.8) is 0 Å². The fourth-order valence-electron chi connectivity index (χ4n) is 4.02. The zero-order chi connectivity index (χ0) is 41.5. The van der Waals surface area contributed by atoms with Crippen LogP contribution in [0.3, 0.4) is 0 Å². The third kappa shape index (κ3) is 33.5. The number of aliphatic hydroxyl groups excluding tert-OH is 5. The summed E-state index contributed by atoms with van der Waals surface area (Å²) >= 11 is 12.4. The van der Waals surface area contributed by atoms with Crippen LogP contribution in [0, 0.1) is 0 Å². The van der Waals surface area contributed by atoms with Crippen molar-refractivity contribution in [1.82, 2.24) is 0 Å². The fourth-order valence-corrected chi connectivity index (χ4v) is 7.63. The monoisotopic (exact) mass is 910 g/mol. The average molecular weight is 912 g/mol. The number of alkyl halides is 1. The Morgan fingerprint density at radius 1 is 0.536 bits per heavy atom. The van der Waals surface area contributed by atoms with Crippen LogP contribution in [0.25, 0.3) is 0 Å². The number of rotatable bonds is 21. The smallest absolute Gasteiger partial charge is 0.0861 e. The Hall–Kier alpha value is -1.48. The van der Waals surface area contributed by atoms with Crippen LogP contribution < -0.4 is 0 Å². The van der Waals surface area contributed by atoms with Gasteiger partial charge in [0.2, 0.25) is 0 Å². The molecule has 4 aromatic rings. The number of benzene rings is 4. The molecule has 4 unspecified atom stereocenters. The molecule has 0 aromatic heterocycles. The molecule has 0 amide bonds. The molecule has 0 spiro atoms. The summed E-state index contributed by atoms with van der Waals surface area (Å²) in [6.07, 6.45) is 2.12. The molecule has 0 bridgehead atoms. The van der Waals surface area contributed by atoms with E-state index in [4.69, 9.17) is 25.2 Å². The van der Waals surface area contributed by atoms with E-state index in [1.54, 1.807) is 23.5 Å². The van der Waals surface area contributed by atoms with Gasteiger partial charge in [0.05, 0.1) is 37.6 Å². The first-order chi connectivity index (χ1) is 27.3. The Bertz CT molecular complexity index is 1290. The quantitative estimate of drug-likeness (QED) is 0.0360. The lowest BCUT2D eigenvalue weighted by Crippen LogP contribution is -2.15. The maximum absolute atomic E-state index is 9.32. The summed E-state index contributed by atoms with van der Waals surface area (Å²) in [6, 6.07) is 41.3. The van der Waals surface area contributed by atoms with E-state index in [9.17, 15) is 5.11 Å². The molecule has 0 saturated heterocycles. The third-order valence-corrected chi connectivity index (χ3v) is 11.9. The lowest BCUT2D eigenvalue weighted by Gasteiger charge is -2.15. The first kappa shape index (κ1) is 54.5. The van der Waals surface area contributed by atoms with Crippen LogP contribution in [0.1, 0.15) is 62.3 Å². The predicted octanol–water partition coefficient (Wildman–Crippen LogP) is 9.94. The molecule has 11 heteroatoms. The second-order valence-corrected chi connectivity index (χ2v) is 16.5. The van der Waals surface area contributed by atoms with Gasteiger partial charge in [0.15, 0.2) is 0 Å². The highest BCUT2D eigenvalue weighted by Gasteiger charge is 2.06. The number of hydrogen-bond acceptors (Lipinski definition) is 10. The summed E-state index contributed by atoms with van der Waals surface area (Å²) in [7, 11) is 0. The molecule has 0 fully saturated rings. The van der Waals surface area contributed by atoms with Gasteiger partial charge in [-0.3, -0.25) is 0 Å². The van der Waals surface area contributed by atoms with Crippen molar-refractivity contribution < 1.29 is 30.3 Å². The molecular weight excluding hydrogens is 845 g/mol. The van der Waals surface area contributed by atoms with E-state index in [1.165, 1.54) is 22.3 Å². The number of aliphatic hydroxyl groups is 5. The molecule has 6 nitrogen and oxygen atoms in total. The van der Waals surface area contributed by atoms with E-state index >= 15 is 0 Å². The highest BCUT2D eigenvalue weighted by Crippen LogP contribution is 2.16. The minimum Gasteiger partial charge on any atom is -0.394 e. The van der Waals surface area contributed by atoms with Gasteiger partial charge in [0.1, 0.15) is 0 Å². The van der Waals surface area contributed by atoms with E-state index in [0.717, 1.165) is 60.0 Å². The summed E-state index contributed by atoms with van der Waals surface area (Å²) in [4.78, 5) is 0. The first-order valence-electron chi connectivity index (χ1n) is 19.2. The van der Waals surface area contributed by atoms with Gasteiger partial charge in [-0.15, -0.1) is 0 Å². The van der Waals surface area contributed by atoms with Crippen molar-refractivity contribution in [2.24, 2.45) is 0 Å². The van der Waals surface area contributed by atoms with Gasteiger partial charge in [-0.05, 0) is 41.5 Å². The van der Waals surface area contributed by atoms with Crippen molar-refractivity contribution in [2.45, 2.75) is 87.0 Å². The van der Waals surface area contributed by atoms with Gasteiger partial charge in [-0.25, -0.2) is 0 Å². The van der Waals surface area contributed by atoms with Crippen molar-refractivity contribution in [2.75, 3.05) is 42.8 Å². The van der Waals surface area contributed by atoms with Crippen LogP contribution in [-0.4, -0.2) is 92.8 Å². The van der Waals surface area contributed by atoms with Gasteiger partial charge in [-0.1, -0.05) is 158 Å². The molecular formula is C45H67BrO6S4. The Labute approximate surface area is 365 Å². The van der Waals surface area contributed by atoms with E-state index in [2.05, 4.69) is 109 Å². The minimum absolute atomic E-state index is 0.145. The van der Waals surface area contributed by atoms with E-state index in [0.29, 0.717) is 17.6 Å². The largest absolute Gasteiger partial charge is 0.394 e. The number of thiol groups is 1. The normalized spacial score (nSPS) is 12.4. The summed E-state index contributed by atoms with van der Waals surface area (Å²) in [5.41, 5.74) is 5.30. The third-order valence-electron chi connectivity index (χ3n) is 7.37. The zero-order valence-corrected chi connectivity index (χ0v) is 38.4. The summed E-state index contributed by atoms with van der Waals surface area (Å²) in [5, 5.41) is 44.3. The highest BCUT2D eigenvalue weighted by molar-refractivity contribution is 9.08. The van der Waals surface area contributed by atoms with Crippen molar-refractivity contribution in [1.29, 1.82) is 0 Å². The molecule has 0 saturated carbocycles. The Morgan fingerprint density at radius 3 is 1.20 bits per heavy atom. The molecule has 4 rings (SSSR count). The minimum atomic E-state index is -0.645. The summed E-state index contributed by atoms with van der Waals surface area (Å²) < 4.78 is 5.76. The lowest BCUT2D eigenvalue weighted by molar-refractivity contribution is 0.0674. The number of hydrogen-bond donors (Lipinski definition) is 6. The SMILES string of the molecule is BrCc1ccccc1.CCC(O)CSCc1ccccc1.CCCOC(CC)CSCc1ccccc1.OCC(O)CS.OCC(O)CSCc1ccccc1. The molecule has 4 atom stereocenters. The van der Waals surface area contributed by atoms with Crippen molar-refractivity contribution in [3.8, 4) is 0 Å². The number of thioether (sulfide) groups is 3.